The summed E-state index contributed by atoms with van der Waals surface area (Å²) in [5, 5.41) is 13.6. The fourth-order valence-electron chi connectivity index (χ4n) is 2.68. The van der Waals surface area contributed by atoms with Crippen LogP contribution in [-0.4, -0.2) is 28.0 Å². The molecule has 2 aromatic rings. The Kier molecular flexibility index (Phi) is 2.55. The Bertz CT molecular complexity index is 674. The highest BCUT2D eigenvalue weighted by molar-refractivity contribution is 5.90. The zero-order valence-electron chi connectivity index (χ0n) is 10.8. The molecule has 0 fully saturated rings. The standard InChI is InChI=1S/C14H14N2O3/c1-16-13(14(17)18)11-5-3-8-7-9(19-2)4-6-10(8)12(11)15-16/h4,6-7H,3,5H2,1-2H3,(H,17,18). The van der Waals surface area contributed by atoms with E-state index in [0.29, 0.717) is 6.42 Å². The molecule has 0 unspecified atom stereocenters. The number of carbonyl (C=O) groups is 1. The summed E-state index contributed by atoms with van der Waals surface area (Å²) in [4.78, 5) is 11.3. The van der Waals surface area contributed by atoms with Gasteiger partial charge in [0.25, 0.3) is 0 Å². The van der Waals surface area contributed by atoms with Crippen LogP contribution in [0.3, 0.4) is 0 Å². The third-order valence-corrected chi connectivity index (χ3v) is 3.56. The minimum atomic E-state index is -0.923. The van der Waals surface area contributed by atoms with Gasteiger partial charge in [0.1, 0.15) is 11.4 Å². The minimum Gasteiger partial charge on any atom is -0.497 e. The van der Waals surface area contributed by atoms with Crippen molar-refractivity contribution in [3.8, 4) is 17.0 Å². The lowest BCUT2D eigenvalue weighted by molar-refractivity contribution is 0.0683. The van der Waals surface area contributed by atoms with Crippen LogP contribution in [0.15, 0.2) is 18.2 Å². The van der Waals surface area contributed by atoms with Gasteiger partial charge in [0.2, 0.25) is 0 Å². The summed E-state index contributed by atoms with van der Waals surface area (Å²) in [6.45, 7) is 0. The molecular weight excluding hydrogens is 244 g/mol. The van der Waals surface area contributed by atoms with Gasteiger partial charge in [-0.2, -0.15) is 5.10 Å². The summed E-state index contributed by atoms with van der Waals surface area (Å²) in [6, 6.07) is 5.82. The largest absolute Gasteiger partial charge is 0.497 e. The van der Waals surface area contributed by atoms with E-state index in [2.05, 4.69) is 5.10 Å². The molecule has 98 valence electrons. The molecular formula is C14H14N2O3. The third kappa shape index (κ3) is 1.69. The summed E-state index contributed by atoms with van der Waals surface area (Å²) < 4.78 is 6.67. The number of aryl methyl sites for hydroxylation is 2. The Hall–Kier alpha value is -2.30. The second kappa shape index (κ2) is 4.12. The highest BCUT2D eigenvalue weighted by atomic mass is 16.5. The van der Waals surface area contributed by atoms with E-state index in [9.17, 15) is 9.90 Å². The molecule has 5 nitrogen and oxygen atoms in total. The lowest BCUT2D eigenvalue weighted by Crippen LogP contribution is -2.10. The van der Waals surface area contributed by atoms with Crippen LogP contribution < -0.4 is 4.74 Å². The molecule has 1 aromatic heterocycles. The summed E-state index contributed by atoms with van der Waals surface area (Å²) in [5.41, 5.74) is 4.06. The van der Waals surface area contributed by atoms with Gasteiger partial charge in [0.15, 0.2) is 0 Å². The summed E-state index contributed by atoms with van der Waals surface area (Å²) >= 11 is 0. The average molecular weight is 258 g/mol. The predicted octanol–water partition coefficient (Wildman–Crippen LogP) is 1.89. The van der Waals surface area contributed by atoms with E-state index < -0.39 is 5.97 Å². The number of hydrogen-bond acceptors (Lipinski definition) is 3. The summed E-state index contributed by atoms with van der Waals surface area (Å²) in [5.74, 6) is -0.107. The maximum absolute atomic E-state index is 11.3. The van der Waals surface area contributed by atoms with Crippen LogP contribution in [0, 0.1) is 0 Å². The molecule has 1 heterocycles. The van der Waals surface area contributed by atoms with Crippen molar-refractivity contribution in [2.24, 2.45) is 7.05 Å². The monoisotopic (exact) mass is 258 g/mol. The third-order valence-electron chi connectivity index (χ3n) is 3.56. The average Bonchev–Trinajstić information content (AvgIpc) is 2.74. The first-order valence-electron chi connectivity index (χ1n) is 6.08. The van der Waals surface area contributed by atoms with Crippen LogP contribution in [0.5, 0.6) is 5.75 Å². The molecule has 19 heavy (non-hydrogen) atoms. The Morgan fingerprint density at radius 3 is 2.89 bits per heavy atom. The molecule has 0 saturated heterocycles. The van der Waals surface area contributed by atoms with Gasteiger partial charge in [-0.25, -0.2) is 4.79 Å². The fraction of sp³-hybridized carbons (Fsp3) is 0.286. The number of rotatable bonds is 2. The highest BCUT2D eigenvalue weighted by Gasteiger charge is 2.27. The van der Waals surface area contributed by atoms with Crippen molar-refractivity contribution < 1.29 is 14.6 Å². The van der Waals surface area contributed by atoms with E-state index in [1.54, 1.807) is 14.2 Å². The van der Waals surface area contributed by atoms with Gasteiger partial charge in [-0.05, 0) is 36.6 Å². The van der Waals surface area contributed by atoms with Gasteiger partial charge in [-0.3, -0.25) is 4.68 Å². The highest BCUT2D eigenvalue weighted by Crippen LogP contribution is 2.36. The molecule has 1 aliphatic carbocycles. The van der Waals surface area contributed by atoms with Crippen molar-refractivity contribution in [3.05, 3.63) is 35.0 Å². The second-order valence-corrected chi connectivity index (χ2v) is 4.63. The van der Waals surface area contributed by atoms with Crippen LogP contribution in [0.1, 0.15) is 21.6 Å². The van der Waals surface area contributed by atoms with E-state index >= 15 is 0 Å². The zero-order chi connectivity index (χ0) is 13.6. The first-order chi connectivity index (χ1) is 9.11. The molecule has 0 atom stereocenters. The maximum atomic E-state index is 11.3. The quantitative estimate of drug-likeness (QED) is 0.893. The number of aromatic carboxylic acids is 1. The number of carboxylic acids is 1. The van der Waals surface area contributed by atoms with Crippen molar-refractivity contribution in [1.29, 1.82) is 0 Å². The zero-order valence-corrected chi connectivity index (χ0v) is 10.8. The van der Waals surface area contributed by atoms with Crippen LogP contribution in [0.2, 0.25) is 0 Å². The van der Waals surface area contributed by atoms with Gasteiger partial charge in [-0.15, -0.1) is 0 Å². The number of ether oxygens (including phenoxy) is 1. The van der Waals surface area contributed by atoms with Crippen LogP contribution in [-0.2, 0) is 19.9 Å². The number of aromatic nitrogens is 2. The van der Waals surface area contributed by atoms with Crippen LogP contribution >= 0.6 is 0 Å². The number of nitrogens with zero attached hydrogens (tertiary/aromatic N) is 2. The Balaban J connectivity index is 2.20. The van der Waals surface area contributed by atoms with Gasteiger partial charge in [-0.1, -0.05) is 0 Å². The first kappa shape index (κ1) is 11.8. The molecule has 1 aromatic carbocycles. The van der Waals surface area contributed by atoms with Crippen molar-refractivity contribution in [3.63, 3.8) is 0 Å². The Morgan fingerprint density at radius 2 is 2.21 bits per heavy atom. The number of fused-ring (bicyclic) bond motifs is 3. The molecule has 0 amide bonds. The molecule has 1 N–H and O–H groups in total. The van der Waals surface area contributed by atoms with Crippen molar-refractivity contribution in [2.45, 2.75) is 12.8 Å². The number of methoxy groups -OCH3 is 1. The summed E-state index contributed by atoms with van der Waals surface area (Å²) in [7, 11) is 3.31. The van der Waals surface area contributed by atoms with Crippen LogP contribution in [0.4, 0.5) is 0 Å². The number of benzene rings is 1. The molecule has 0 bridgehead atoms. The van der Waals surface area contributed by atoms with E-state index in [1.165, 1.54) is 4.68 Å². The first-order valence-corrected chi connectivity index (χ1v) is 6.08. The van der Waals surface area contributed by atoms with Crippen LogP contribution in [0.25, 0.3) is 11.3 Å². The van der Waals surface area contributed by atoms with Crippen molar-refractivity contribution in [1.82, 2.24) is 9.78 Å². The van der Waals surface area contributed by atoms with E-state index in [4.69, 9.17) is 4.74 Å². The molecule has 5 heteroatoms. The fourth-order valence-corrected chi connectivity index (χ4v) is 2.68. The van der Waals surface area contributed by atoms with Gasteiger partial charge < -0.3 is 9.84 Å². The van der Waals surface area contributed by atoms with Gasteiger partial charge in [0, 0.05) is 18.2 Å². The topological polar surface area (TPSA) is 64.4 Å². The normalized spacial score (nSPS) is 12.7. The molecule has 1 aliphatic rings. The minimum absolute atomic E-state index is 0.288. The maximum Gasteiger partial charge on any atom is 0.354 e. The SMILES string of the molecule is COc1ccc2c(c1)CCc1c-2nn(C)c1C(=O)O. The van der Waals surface area contributed by atoms with E-state index in [-0.39, 0.29) is 5.69 Å². The Morgan fingerprint density at radius 1 is 1.42 bits per heavy atom. The Labute approximate surface area is 110 Å². The lowest BCUT2D eigenvalue weighted by Gasteiger charge is -2.16. The summed E-state index contributed by atoms with van der Waals surface area (Å²) in [6.07, 6.45) is 1.51. The smallest absolute Gasteiger partial charge is 0.354 e. The number of hydrogen-bond donors (Lipinski definition) is 1. The molecule has 3 rings (SSSR count). The van der Waals surface area contributed by atoms with Gasteiger partial charge >= 0.3 is 5.97 Å². The van der Waals surface area contributed by atoms with Gasteiger partial charge in [0.05, 0.1) is 12.8 Å². The van der Waals surface area contributed by atoms with E-state index in [1.807, 2.05) is 18.2 Å². The molecule has 0 aliphatic heterocycles. The number of carboxylic acid groups (broad SMARTS) is 1. The lowest BCUT2D eigenvalue weighted by atomic mass is 9.89. The van der Waals surface area contributed by atoms with Crippen molar-refractivity contribution >= 4 is 5.97 Å². The molecule has 0 saturated carbocycles. The predicted molar refractivity (Wildman–Crippen MR) is 69.6 cm³/mol. The molecule has 0 radical (unpaired) electrons. The second-order valence-electron chi connectivity index (χ2n) is 4.63. The molecule has 0 spiro atoms. The van der Waals surface area contributed by atoms with E-state index in [0.717, 1.165) is 34.6 Å². The van der Waals surface area contributed by atoms with Crippen molar-refractivity contribution in [2.75, 3.05) is 7.11 Å².